The topological polar surface area (TPSA) is 65.5 Å². The molecule has 0 aliphatic carbocycles. The summed E-state index contributed by atoms with van der Waals surface area (Å²) in [6.07, 6.45) is -2.83. The lowest BCUT2D eigenvalue weighted by Crippen LogP contribution is -2.45. The number of halogens is 3. The van der Waals surface area contributed by atoms with Gasteiger partial charge >= 0.3 is 12.2 Å². The van der Waals surface area contributed by atoms with Crippen molar-refractivity contribution >= 4 is 11.9 Å². The van der Waals surface area contributed by atoms with E-state index in [2.05, 4.69) is 10.3 Å². The van der Waals surface area contributed by atoms with E-state index in [1.54, 1.807) is 30.3 Å². The van der Waals surface area contributed by atoms with Crippen LogP contribution in [0.3, 0.4) is 0 Å². The Hall–Kier alpha value is -3.36. The van der Waals surface area contributed by atoms with E-state index in [0.717, 1.165) is 12.1 Å². The minimum Gasteiger partial charge on any atom is -0.327 e. The maximum Gasteiger partial charge on any atom is 0.416 e. The Morgan fingerprint density at radius 1 is 1.14 bits per heavy atom. The normalized spacial score (nSPS) is 19.5. The number of nitrogens with zero attached hydrogens (tertiary/aromatic N) is 3. The molecule has 2 aliphatic heterocycles. The van der Waals surface area contributed by atoms with E-state index in [1.807, 2.05) is 6.07 Å². The quantitative estimate of drug-likeness (QED) is 0.858. The summed E-state index contributed by atoms with van der Waals surface area (Å²) in [6.45, 7) is 0.500. The van der Waals surface area contributed by atoms with Crippen molar-refractivity contribution in [1.29, 1.82) is 0 Å². The zero-order valence-corrected chi connectivity index (χ0v) is 15.4. The number of likely N-dealkylation sites (N-methyl/N-ethyl adjacent to an activating group) is 1. The molecule has 1 N–H and O–H groups in total. The molecule has 9 heteroatoms. The molecule has 0 unspecified atom stereocenters. The van der Waals surface area contributed by atoms with Gasteiger partial charge in [-0.2, -0.15) is 13.2 Å². The fourth-order valence-corrected chi connectivity index (χ4v) is 3.55. The minimum absolute atomic E-state index is 0.228. The number of benzene rings is 1. The summed E-state index contributed by atoms with van der Waals surface area (Å²) in [5.41, 5.74) is 1.24. The minimum atomic E-state index is -4.46. The molecule has 1 aromatic heterocycles. The van der Waals surface area contributed by atoms with Crippen LogP contribution in [0, 0.1) is 0 Å². The van der Waals surface area contributed by atoms with Crippen molar-refractivity contribution in [2.24, 2.45) is 0 Å². The van der Waals surface area contributed by atoms with Crippen molar-refractivity contribution in [2.45, 2.75) is 18.8 Å². The fourth-order valence-electron chi connectivity index (χ4n) is 3.55. The van der Waals surface area contributed by atoms with Crippen molar-refractivity contribution in [2.75, 3.05) is 13.6 Å². The van der Waals surface area contributed by atoms with Crippen molar-refractivity contribution in [3.63, 3.8) is 0 Å². The number of alkyl halides is 3. The number of rotatable bonds is 3. The molecule has 0 fully saturated rings. The van der Waals surface area contributed by atoms with Gasteiger partial charge in [-0.25, -0.2) is 4.79 Å². The molecule has 150 valence electrons. The highest BCUT2D eigenvalue weighted by atomic mass is 19.4. The van der Waals surface area contributed by atoms with E-state index in [9.17, 15) is 22.8 Å². The Morgan fingerprint density at radius 2 is 1.86 bits per heavy atom. The van der Waals surface area contributed by atoms with Gasteiger partial charge in [0.1, 0.15) is 0 Å². The largest absolute Gasteiger partial charge is 0.416 e. The second-order valence-electron chi connectivity index (χ2n) is 6.90. The molecule has 6 nitrogen and oxygen atoms in total. The van der Waals surface area contributed by atoms with Gasteiger partial charge in [0, 0.05) is 13.2 Å². The summed E-state index contributed by atoms with van der Waals surface area (Å²) in [7, 11) is 1.56. The van der Waals surface area contributed by atoms with Crippen molar-refractivity contribution < 1.29 is 22.8 Å². The van der Waals surface area contributed by atoms with Crippen LogP contribution in [-0.4, -0.2) is 40.3 Å². The summed E-state index contributed by atoms with van der Waals surface area (Å²) in [5.74, 6) is -0.276. The van der Waals surface area contributed by atoms with Gasteiger partial charge in [0.15, 0.2) is 0 Å². The molecule has 0 spiro atoms. The van der Waals surface area contributed by atoms with Gasteiger partial charge < -0.3 is 10.2 Å². The summed E-state index contributed by atoms with van der Waals surface area (Å²) in [5, 5.41) is 2.71. The number of pyridine rings is 1. The van der Waals surface area contributed by atoms with Crippen LogP contribution in [0.2, 0.25) is 0 Å². The van der Waals surface area contributed by atoms with E-state index in [-0.39, 0.29) is 19.0 Å². The zero-order chi connectivity index (χ0) is 20.8. The Morgan fingerprint density at radius 3 is 2.48 bits per heavy atom. The molecular formula is C20H17F3N4O2. The van der Waals surface area contributed by atoms with Gasteiger partial charge in [-0.15, -0.1) is 0 Å². The molecule has 0 saturated heterocycles. The van der Waals surface area contributed by atoms with Gasteiger partial charge in [-0.1, -0.05) is 18.2 Å². The SMILES string of the molecule is CN1C(=O)N[C@H](c2ccc(C(F)(F)F)cc2)C2=C1CN(Cc1ccccn1)C2=O. The fraction of sp³-hybridized carbons (Fsp3) is 0.250. The zero-order valence-electron chi connectivity index (χ0n) is 15.4. The lowest BCUT2D eigenvalue weighted by molar-refractivity contribution is -0.137. The second kappa shape index (κ2) is 6.91. The molecule has 29 heavy (non-hydrogen) atoms. The molecule has 3 amide bonds. The van der Waals surface area contributed by atoms with Gasteiger partial charge in [-0.3, -0.25) is 14.7 Å². The second-order valence-corrected chi connectivity index (χ2v) is 6.90. The van der Waals surface area contributed by atoms with E-state index < -0.39 is 23.8 Å². The molecule has 0 radical (unpaired) electrons. The smallest absolute Gasteiger partial charge is 0.327 e. The number of carbonyl (C=O) groups is 2. The third-order valence-corrected chi connectivity index (χ3v) is 5.09. The predicted octanol–water partition coefficient (Wildman–Crippen LogP) is 3.09. The molecule has 4 rings (SSSR count). The number of hydrogen-bond donors (Lipinski definition) is 1. The highest BCUT2D eigenvalue weighted by Crippen LogP contribution is 2.37. The number of carbonyl (C=O) groups excluding carboxylic acids is 2. The van der Waals surface area contributed by atoms with Gasteiger partial charge in [0.25, 0.3) is 5.91 Å². The van der Waals surface area contributed by atoms with Crippen molar-refractivity contribution in [1.82, 2.24) is 20.1 Å². The summed E-state index contributed by atoms with van der Waals surface area (Å²) >= 11 is 0. The van der Waals surface area contributed by atoms with Crippen LogP contribution in [0.5, 0.6) is 0 Å². The van der Waals surface area contributed by atoms with E-state index >= 15 is 0 Å². The number of nitrogens with one attached hydrogen (secondary N) is 1. The molecular weight excluding hydrogens is 385 g/mol. The Labute approximate surface area is 164 Å². The van der Waals surface area contributed by atoms with Crippen LogP contribution < -0.4 is 5.32 Å². The Balaban J connectivity index is 1.65. The van der Waals surface area contributed by atoms with Crippen LogP contribution in [0.25, 0.3) is 0 Å². The van der Waals surface area contributed by atoms with E-state index in [0.29, 0.717) is 22.5 Å². The standard InChI is InChI=1S/C20H17F3N4O2/c1-26-15-11-27(10-14-4-2-3-9-24-14)18(28)16(15)17(25-19(26)29)12-5-7-13(8-6-12)20(21,22)23/h2-9,17H,10-11H2,1H3,(H,25,29)/t17-/m1/s1. The monoisotopic (exact) mass is 402 g/mol. The molecule has 0 saturated carbocycles. The van der Waals surface area contributed by atoms with E-state index in [4.69, 9.17) is 0 Å². The molecule has 1 atom stereocenters. The number of aromatic nitrogens is 1. The molecule has 2 aliphatic rings. The highest BCUT2D eigenvalue weighted by molar-refractivity contribution is 6.01. The summed E-state index contributed by atoms with van der Waals surface area (Å²) in [4.78, 5) is 32.6. The van der Waals surface area contributed by atoms with E-state index in [1.165, 1.54) is 17.0 Å². The lowest BCUT2D eigenvalue weighted by atomic mass is 9.95. The van der Waals surface area contributed by atoms with Crippen LogP contribution in [0.15, 0.2) is 59.9 Å². The van der Waals surface area contributed by atoms with Crippen LogP contribution in [0.4, 0.5) is 18.0 Å². The highest BCUT2D eigenvalue weighted by Gasteiger charge is 2.43. The number of hydrogen-bond acceptors (Lipinski definition) is 3. The molecule has 0 bridgehead atoms. The van der Waals surface area contributed by atoms with Gasteiger partial charge in [0.2, 0.25) is 0 Å². The first-order valence-corrected chi connectivity index (χ1v) is 8.89. The van der Waals surface area contributed by atoms with Gasteiger partial charge in [-0.05, 0) is 29.8 Å². The Bertz CT molecular complexity index is 987. The maximum absolute atomic E-state index is 13.1. The summed E-state index contributed by atoms with van der Waals surface area (Å²) < 4.78 is 38.6. The third-order valence-electron chi connectivity index (χ3n) is 5.09. The third kappa shape index (κ3) is 3.43. The summed E-state index contributed by atoms with van der Waals surface area (Å²) in [6, 6.07) is 8.64. The van der Waals surface area contributed by atoms with Crippen LogP contribution in [-0.2, 0) is 17.5 Å². The van der Waals surface area contributed by atoms with Crippen molar-refractivity contribution in [3.8, 4) is 0 Å². The van der Waals surface area contributed by atoms with Crippen molar-refractivity contribution in [3.05, 3.63) is 76.8 Å². The number of urea groups is 1. The molecule has 2 aromatic rings. The first kappa shape index (κ1) is 19.0. The predicted molar refractivity (Wildman–Crippen MR) is 97.2 cm³/mol. The molecule has 1 aromatic carbocycles. The van der Waals surface area contributed by atoms with Crippen LogP contribution >= 0.6 is 0 Å². The average Bonchev–Trinajstić information content (AvgIpc) is 3.02. The molecule has 3 heterocycles. The average molecular weight is 402 g/mol. The first-order valence-electron chi connectivity index (χ1n) is 8.89. The first-order chi connectivity index (χ1) is 13.8. The maximum atomic E-state index is 13.1. The van der Waals surface area contributed by atoms with Gasteiger partial charge in [0.05, 0.1) is 41.7 Å². The Kier molecular flexibility index (Phi) is 4.52. The lowest BCUT2D eigenvalue weighted by Gasteiger charge is -2.31. The number of amides is 3. The van der Waals surface area contributed by atoms with Crippen LogP contribution in [0.1, 0.15) is 22.9 Å².